The second kappa shape index (κ2) is 6.03. The van der Waals surface area contributed by atoms with Gasteiger partial charge in [0, 0.05) is 50.3 Å². The van der Waals surface area contributed by atoms with Gasteiger partial charge in [-0.05, 0) is 18.4 Å². The van der Waals surface area contributed by atoms with E-state index in [4.69, 9.17) is 4.42 Å². The minimum Gasteiger partial charge on any atom is -0.590 e. The molecule has 0 unspecified atom stereocenters. The monoisotopic (exact) mass is 309 g/mol. The molecule has 18 heavy (non-hydrogen) atoms. The Morgan fingerprint density at radius 3 is 2.61 bits per heavy atom. The average Bonchev–Trinajstić information content (AvgIpc) is 2.94. The fourth-order valence-corrected chi connectivity index (χ4v) is 1.53. The number of nitrogens with zero attached hydrogens (tertiary/aromatic N) is 2. The Bertz CT molecular complexity index is 592. The third-order valence-corrected chi connectivity index (χ3v) is 2.34. The Kier molecular flexibility index (Phi) is 4.40. The van der Waals surface area contributed by atoms with Gasteiger partial charge in [0.25, 0.3) is 0 Å². The van der Waals surface area contributed by atoms with Crippen LogP contribution in [0.25, 0.3) is 22.7 Å². The van der Waals surface area contributed by atoms with Crippen LogP contribution in [0.1, 0.15) is 0 Å². The molecule has 0 bridgehead atoms. The van der Waals surface area contributed by atoms with Gasteiger partial charge in [-0.2, -0.15) is 17.7 Å². The van der Waals surface area contributed by atoms with Crippen LogP contribution in [0, 0.1) is 12.3 Å². The zero-order valence-electron chi connectivity index (χ0n) is 9.50. The van der Waals surface area contributed by atoms with Crippen LogP contribution >= 0.6 is 0 Å². The maximum absolute atomic E-state index is 5.22. The van der Waals surface area contributed by atoms with E-state index in [9.17, 15) is 0 Å². The van der Waals surface area contributed by atoms with E-state index in [1.54, 1.807) is 18.5 Å². The van der Waals surface area contributed by atoms with Crippen LogP contribution in [-0.2, 0) is 32.7 Å². The van der Waals surface area contributed by atoms with Crippen LogP contribution in [0.3, 0.4) is 0 Å². The molecule has 4 heteroatoms. The van der Waals surface area contributed by atoms with Gasteiger partial charge in [0.1, 0.15) is 0 Å². The molecule has 0 spiro atoms. The molecule has 0 aliphatic rings. The Morgan fingerprint density at radius 1 is 1.06 bits per heavy atom. The maximum atomic E-state index is 5.22. The fraction of sp³-hybridized carbons (Fsp3) is 0. The standard InChI is InChI=1S/C14H8N2O.Y/c1-2-8-15-12(4-1)13-7-6-11(10-16-13)14-5-3-9-17-14;/h1-4,6-9H;/q-2;. The normalized spacial score (nSPS) is 9.78. The summed E-state index contributed by atoms with van der Waals surface area (Å²) >= 11 is 0. The summed E-state index contributed by atoms with van der Waals surface area (Å²) in [6, 6.07) is 14.2. The Labute approximate surface area is 130 Å². The van der Waals surface area contributed by atoms with E-state index in [1.807, 2.05) is 30.3 Å². The molecule has 85 valence electrons. The Balaban J connectivity index is 0.00000120. The molecular weight excluding hydrogens is 301 g/mol. The Hall–Kier alpha value is -1.32. The van der Waals surface area contributed by atoms with Crippen molar-refractivity contribution in [2.75, 3.05) is 0 Å². The van der Waals surface area contributed by atoms with Gasteiger partial charge in [-0.15, -0.1) is 18.3 Å². The van der Waals surface area contributed by atoms with Crippen LogP contribution in [0.4, 0.5) is 0 Å². The summed E-state index contributed by atoms with van der Waals surface area (Å²) in [5.74, 6) is 0.644. The summed E-state index contributed by atoms with van der Waals surface area (Å²) in [6.45, 7) is 0. The maximum Gasteiger partial charge on any atom is 0.0465 e. The first-order valence-corrected chi connectivity index (χ1v) is 5.19. The number of furan rings is 1. The zero-order valence-corrected chi connectivity index (χ0v) is 12.3. The van der Waals surface area contributed by atoms with Gasteiger partial charge >= 0.3 is 0 Å². The molecule has 0 N–H and O–H groups in total. The molecule has 0 amide bonds. The molecule has 0 fully saturated rings. The van der Waals surface area contributed by atoms with Crippen LogP contribution in [0.2, 0.25) is 0 Å². The number of hydrogen-bond donors (Lipinski definition) is 0. The van der Waals surface area contributed by atoms with Gasteiger partial charge in [-0.25, -0.2) is 0 Å². The molecule has 3 heterocycles. The molecule has 0 saturated carbocycles. The second-order valence-electron chi connectivity index (χ2n) is 3.46. The predicted octanol–water partition coefficient (Wildman–Crippen LogP) is 3.00. The van der Waals surface area contributed by atoms with Gasteiger partial charge in [0.05, 0.1) is 0 Å². The number of aromatic nitrogens is 2. The molecule has 3 nitrogen and oxygen atoms in total. The van der Waals surface area contributed by atoms with Crippen molar-refractivity contribution in [3.8, 4) is 22.7 Å². The van der Waals surface area contributed by atoms with Gasteiger partial charge in [0.15, 0.2) is 0 Å². The summed E-state index contributed by atoms with van der Waals surface area (Å²) in [7, 11) is 0. The van der Waals surface area contributed by atoms with Gasteiger partial charge in [-0.3, -0.25) is 4.98 Å². The Morgan fingerprint density at radius 2 is 2.00 bits per heavy atom. The summed E-state index contributed by atoms with van der Waals surface area (Å²) in [5.41, 5.74) is 2.41. The molecule has 1 radical (unpaired) electrons. The van der Waals surface area contributed by atoms with Crippen molar-refractivity contribution in [1.29, 1.82) is 0 Å². The van der Waals surface area contributed by atoms with Crippen LogP contribution < -0.4 is 0 Å². The first kappa shape index (κ1) is 13.1. The zero-order chi connectivity index (χ0) is 11.5. The van der Waals surface area contributed by atoms with E-state index < -0.39 is 0 Å². The molecule has 3 rings (SSSR count). The van der Waals surface area contributed by atoms with Crippen molar-refractivity contribution in [3.63, 3.8) is 0 Å². The number of hydrogen-bond acceptors (Lipinski definition) is 3. The number of rotatable bonds is 2. The van der Waals surface area contributed by atoms with Gasteiger partial charge in [0.2, 0.25) is 0 Å². The fourth-order valence-electron chi connectivity index (χ4n) is 1.53. The average molecular weight is 309 g/mol. The van der Waals surface area contributed by atoms with Crippen LogP contribution in [0.5, 0.6) is 0 Å². The predicted molar refractivity (Wildman–Crippen MR) is 62.8 cm³/mol. The van der Waals surface area contributed by atoms with Crippen molar-refractivity contribution < 1.29 is 37.1 Å². The van der Waals surface area contributed by atoms with Crippen LogP contribution in [0.15, 0.2) is 53.3 Å². The van der Waals surface area contributed by atoms with E-state index in [1.165, 1.54) is 0 Å². The second-order valence-corrected chi connectivity index (χ2v) is 3.46. The first-order chi connectivity index (χ1) is 8.43. The van der Waals surface area contributed by atoms with E-state index >= 15 is 0 Å². The molecule has 0 saturated heterocycles. The first-order valence-electron chi connectivity index (χ1n) is 5.19. The largest absolute Gasteiger partial charge is 0.590 e. The number of pyridine rings is 2. The summed E-state index contributed by atoms with van der Waals surface area (Å²) in [6.07, 6.45) is 6.24. The van der Waals surface area contributed by atoms with Gasteiger partial charge < -0.3 is 9.40 Å². The van der Waals surface area contributed by atoms with Crippen LogP contribution in [-0.4, -0.2) is 9.97 Å². The van der Waals surface area contributed by atoms with Crippen molar-refractivity contribution in [1.82, 2.24) is 9.97 Å². The molecule has 3 aromatic heterocycles. The molecule has 0 atom stereocenters. The molecular formula is C14H8N2OY-2. The molecule has 0 aliphatic carbocycles. The van der Waals surface area contributed by atoms with Gasteiger partial charge in [-0.1, -0.05) is 11.8 Å². The molecule has 0 aliphatic heterocycles. The summed E-state index contributed by atoms with van der Waals surface area (Å²) in [4.78, 5) is 8.47. The van der Waals surface area contributed by atoms with Crippen molar-refractivity contribution >= 4 is 0 Å². The molecule has 3 aromatic rings. The summed E-state index contributed by atoms with van der Waals surface area (Å²) in [5, 5.41) is 0. The summed E-state index contributed by atoms with van der Waals surface area (Å²) < 4.78 is 5.22. The topological polar surface area (TPSA) is 38.9 Å². The van der Waals surface area contributed by atoms with E-state index in [0.29, 0.717) is 5.76 Å². The van der Waals surface area contributed by atoms with Crippen molar-refractivity contribution in [2.24, 2.45) is 0 Å². The quantitative estimate of drug-likeness (QED) is 0.683. The SMILES string of the molecule is [Y].[c-]1nc(-c2ccccn2)ccc1-c1[c-]cco1. The minimum absolute atomic E-state index is 0. The van der Waals surface area contributed by atoms with E-state index in [0.717, 1.165) is 17.0 Å². The van der Waals surface area contributed by atoms with Crippen molar-refractivity contribution in [2.45, 2.75) is 0 Å². The smallest absolute Gasteiger partial charge is 0.0465 e. The third-order valence-electron chi connectivity index (χ3n) is 2.34. The minimum atomic E-state index is 0. The van der Waals surface area contributed by atoms with E-state index in [-0.39, 0.29) is 32.7 Å². The van der Waals surface area contributed by atoms with E-state index in [2.05, 4.69) is 22.2 Å². The van der Waals surface area contributed by atoms with Crippen molar-refractivity contribution in [3.05, 3.63) is 61.1 Å². The molecule has 0 aromatic carbocycles. The third kappa shape index (κ3) is 2.74.